The first kappa shape index (κ1) is 15.7. The van der Waals surface area contributed by atoms with Crippen molar-refractivity contribution in [2.24, 2.45) is 0 Å². The third-order valence-electron chi connectivity index (χ3n) is 3.16. The molecule has 0 bridgehead atoms. The lowest BCUT2D eigenvalue weighted by molar-refractivity contribution is -0.385. The fourth-order valence-electron chi connectivity index (χ4n) is 1.89. The van der Waals surface area contributed by atoms with E-state index in [1.807, 2.05) is 31.2 Å². The number of nitro groups is 1. The summed E-state index contributed by atoms with van der Waals surface area (Å²) < 4.78 is 0.595. The van der Waals surface area contributed by atoms with Gasteiger partial charge in [-0.1, -0.05) is 23.7 Å². The molecule has 0 aliphatic rings. The lowest BCUT2D eigenvalue weighted by Gasteiger charge is -2.16. The molecule has 0 aliphatic carbocycles. The van der Waals surface area contributed by atoms with Crippen molar-refractivity contribution in [3.05, 3.63) is 61.2 Å². The molecule has 1 N–H and O–H groups in total. The van der Waals surface area contributed by atoms with Gasteiger partial charge in [-0.25, -0.2) is 4.98 Å². The molecule has 1 aromatic heterocycles. The number of benzene rings is 1. The molecule has 1 heterocycles. The molecule has 110 valence electrons. The summed E-state index contributed by atoms with van der Waals surface area (Å²) in [6.07, 6.45) is 1.26. The van der Waals surface area contributed by atoms with Crippen molar-refractivity contribution in [3.8, 4) is 0 Å². The second kappa shape index (κ2) is 6.41. The lowest BCUT2D eigenvalue weighted by Crippen LogP contribution is -2.09. The van der Waals surface area contributed by atoms with Crippen molar-refractivity contribution < 1.29 is 4.92 Å². The summed E-state index contributed by atoms with van der Waals surface area (Å²) in [4.78, 5) is 14.5. The number of pyridine rings is 1. The minimum absolute atomic E-state index is 0.00748. The molecule has 0 amide bonds. The van der Waals surface area contributed by atoms with Crippen LogP contribution >= 0.6 is 27.5 Å². The van der Waals surface area contributed by atoms with Crippen LogP contribution < -0.4 is 5.32 Å². The summed E-state index contributed by atoms with van der Waals surface area (Å²) in [7, 11) is 0. The monoisotopic (exact) mass is 369 g/mol. The minimum atomic E-state index is -0.445. The normalized spacial score (nSPS) is 12.0. The van der Waals surface area contributed by atoms with Gasteiger partial charge in [0, 0.05) is 16.6 Å². The maximum Gasteiger partial charge on any atom is 0.291 e. The number of hydrogen-bond donors (Lipinski definition) is 1. The fourth-order valence-corrected chi connectivity index (χ4v) is 2.44. The summed E-state index contributed by atoms with van der Waals surface area (Å²) in [5.74, 6) is 0.570. The van der Waals surface area contributed by atoms with E-state index in [9.17, 15) is 10.1 Å². The third-order valence-corrected chi connectivity index (χ3v) is 4.38. The first-order chi connectivity index (χ1) is 9.90. The highest BCUT2D eigenvalue weighted by Gasteiger charge is 2.18. The zero-order chi connectivity index (χ0) is 15.6. The number of aromatic nitrogens is 1. The van der Waals surface area contributed by atoms with Crippen LogP contribution in [0.25, 0.3) is 0 Å². The summed E-state index contributed by atoms with van der Waals surface area (Å²) >= 11 is 9.23. The van der Waals surface area contributed by atoms with Gasteiger partial charge < -0.3 is 5.32 Å². The van der Waals surface area contributed by atoms with Crippen LogP contribution in [-0.4, -0.2) is 9.91 Å². The first-order valence-electron chi connectivity index (χ1n) is 6.21. The van der Waals surface area contributed by atoms with Gasteiger partial charge in [-0.05, 0) is 47.5 Å². The van der Waals surface area contributed by atoms with Gasteiger partial charge in [0.2, 0.25) is 0 Å². The Bertz CT molecular complexity index is 677. The minimum Gasteiger partial charge on any atom is -0.363 e. The Hall–Kier alpha value is -1.66. The third kappa shape index (κ3) is 3.51. The van der Waals surface area contributed by atoms with E-state index in [-0.39, 0.29) is 11.7 Å². The molecular formula is C14H13BrClN3O2. The molecule has 1 unspecified atom stereocenters. The molecule has 0 radical (unpaired) electrons. The van der Waals surface area contributed by atoms with Crippen molar-refractivity contribution in [2.45, 2.75) is 19.9 Å². The van der Waals surface area contributed by atoms with Crippen molar-refractivity contribution in [1.29, 1.82) is 0 Å². The standard InChI is InChI=1S/C14H13BrClN3O2/c1-8-12(19(20)21)7-17-14(13(8)15)18-9(2)10-3-5-11(16)6-4-10/h3-7,9H,1-2H3,(H,17,18). The number of nitrogens with one attached hydrogen (secondary N) is 1. The molecule has 0 fully saturated rings. The molecule has 2 rings (SSSR count). The van der Waals surface area contributed by atoms with Gasteiger partial charge in [0.15, 0.2) is 0 Å². The average Bonchev–Trinajstić information content (AvgIpc) is 2.44. The number of nitrogens with zero attached hydrogens (tertiary/aromatic N) is 2. The number of hydrogen-bond acceptors (Lipinski definition) is 4. The van der Waals surface area contributed by atoms with E-state index in [1.165, 1.54) is 6.20 Å². The van der Waals surface area contributed by atoms with Gasteiger partial charge in [-0.15, -0.1) is 0 Å². The second-order valence-electron chi connectivity index (χ2n) is 4.61. The fraction of sp³-hybridized carbons (Fsp3) is 0.214. The maximum atomic E-state index is 10.9. The highest BCUT2D eigenvalue weighted by atomic mass is 79.9. The van der Waals surface area contributed by atoms with Crippen LogP contribution in [0.3, 0.4) is 0 Å². The van der Waals surface area contributed by atoms with Crippen LogP contribution in [-0.2, 0) is 0 Å². The Morgan fingerprint density at radius 2 is 2.00 bits per heavy atom. The quantitative estimate of drug-likeness (QED) is 0.615. The van der Waals surface area contributed by atoms with Gasteiger partial charge >= 0.3 is 0 Å². The summed E-state index contributed by atoms with van der Waals surface area (Å²) in [5, 5.41) is 14.8. The van der Waals surface area contributed by atoms with E-state index in [2.05, 4.69) is 26.2 Å². The highest BCUT2D eigenvalue weighted by molar-refractivity contribution is 9.10. The smallest absolute Gasteiger partial charge is 0.291 e. The Morgan fingerprint density at radius 3 is 2.57 bits per heavy atom. The lowest BCUT2D eigenvalue weighted by atomic mass is 10.1. The van der Waals surface area contributed by atoms with Crippen molar-refractivity contribution in [3.63, 3.8) is 0 Å². The van der Waals surface area contributed by atoms with Gasteiger partial charge in [0.05, 0.1) is 9.40 Å². The van der Waals surface area contributed by atoms with E-state index in [1.54, 1.807) is 6.92 Å². The van der Waals surface area contributed by atoms with Crippen LogP contribution in [0.1, 0.15) is 24.1 Å². The van der Waals surface area contributed by atoms with E-state index in [0.717, 1.165) is 5.56 Å². The maximum absolute atomic E-state index is 10.9. The summed E-state index contributed by atoms with van der Waals surface area (Å²) in [6, 6.07) is 7.47. The van der Waals surface area contributed by atoms with Gasteiger partial charge in [0.25, 0.3) is 5.69 Å². The van der Waals surface area contributed by atoms with Gasteiger partial charge in [-0.2, -0.15) is 0 Å². The molecule has 1 atom stereocenters. The number of rotatable bonds is 4. The second-order valence-corrected chi connectivity index (χ2v) is 5.84. The van der Waals surface area contributed by atoms with Crippen molar-refractivity contribution in [2.75, 3.05) is 5.32 Å². The molecule has 0 spiro atoms. The molecular weight excluding hydrogens is 358 g/mol. The molecule has 0 saturated heterocycles. The van der Waals surface area contributed by atoms with E-state index in [4.69, 9.17) is 11.6 Å². The molecule has 5 nitrogen and oxygen atoms in total. The topological polar surface area (TPSA) is 68.1 Å². The van der Waals surface area contributed by atoms with Crippen LogP contribution in [0, 0.1) is 17.0 Å². The number of anilines is 1. The summed E-state index contributed by atoms with van der Waals surface area (Å²) in [6.45, 7) is 3.66. The molecule has 21 heavy (non-hydrogen) atoms. The predicted octanol–water partition coefficient (Wildman–Crippen LogP) is 4.89. The molecule has 0 saturated carbocycles. The van der Waals surface area contributed by atoms with Gasteiger partial charge in [0.1, 0.15) is 12.0 Å². The zero-order valence-electron chi connectivity index (χ0n) is 11.4. The number of halogens is 2. The van der Waals surface area contributed by atoms with E-state index in [0.29, 0.717) is 20.9 Å². The molecule has 7 heteroatoms. The van der Waals surface area contributed by atoms with E-state index < -0.39 is 4.92 Å². The van der Waals surface area contributed by atoms with Crippen LogP contribution in [0.2, 0.25) is 5.02 Å². The Labute approximate surface area is 135 Å². The Balaban J connectivity index is 2.25. The molecule has 2 aromatic rings. The van der Waals surface area contributed by atoms with Crippen LogP contribution in [0.5, 0.6) is 0 Å². The van der Waals surface area contributed by atoms with Gasteiger partial charge in [-0.3, -0.25) is 10.1 Å². The zero-order valence-corrected chi connectivity index (χ0v) is 13.8. The van der Waals surface area contributed by atoms with Crippen molar-refractivity contribution in [1.82, 2.24) is 4.98 Å². The predicted molar refractivity (Wildman–Crippen MR) is 86.8 cm³/mol. The molecule has 1 aromatic carbocycles. The van der Waals surface area contributed by atoms with Crippen molar-refractivity contribution >= 4 is 39.0 Å². The largest absolute Gasteiger partial charge is 0.363 e. The highest BCUT2D eigenvalue weighted by Crippen LogP contribution is 2.32. The van der Waals surface area contributed by atoms with E-state index >= 15 is 0 Å². The van der Waals surface area contributed by atoms with Crippen LogP contribution in [0.15, 0.2) is 34.9 Å². The summed E-state index contributed by atoms with van der Waals surface area (Å²) in [5.41, 5.74) is 1.58. The first-order valence-corrected chi connectivity index (χ1v) is 7.38. The Morgan fingerprint density at radius 1 is 1.38 bits per heavy atom. The van der Waals surface area contributed by atoms with Crippen LogP contribution in [0.4, 0.5) is 11.5 Å². The molecule has 0 aliphatic heterocycles. The average molecular weight is 371 g/mol. The SMILES string of the molecule is Cc1c([N+](=O)[O-])cnc(NC(C)c2ccc(Cl)cc2)c1Br. The Kier molecular flexibility index (Phi) is 4.80.